The van der Waals surface area contributed by atoms with Crippen LogP contribution < -0.4 is 16.2 Å². The zero-order chi connectivity index (χ0) is 19.3. The van der Waals surface area contributed by atoms with E-state index in [-0.39, 0.29) is 0 Å². The summed E-state index contributed by atoms with van der Waals surface area (Å²) in [6.45, 7) is 1.02. The molecule has 0 aliphatic heterocycles. The summed E-state index contributed by atoms with van der Waals surface area (Å²) >= 11 is 0. The van der Waals surface area contributed by atoms with Gasteiger partial charge in [0.25, 0.3) is 0 Å². The number of rotatable bonds is 6. The highest BCUT2D eigenvalue weighted by Crippen LogP contribution is 2.25. The summed E-state index contributed by atoms with van der Waals surface area (Å²) in [5.41, 5.74) is 15.7. The molecule has 2 aromatic heterocycles. The van der Waals surface area contributed by atoms with Gasteiger partial charge >= 0.3 is 0 Å². The van der Waals surface area contributed by atoms with Crippen LogP contribution in [0.3, 0.4) is 0 Å². The topological polar surface area (TPSA) is 99.9 Å². The minimum absolute atomic E-state index is 0.469. The highest BCUT2D eigenvalue weighted by Gasteiger charge is 2.09. The SMILES string of the molecule is NCCOc1ccc(Cc2ccc3nc(-c4cccnc4)nc(N)c3c2)cc1. The number of hydrogen-bond acceptors (Lipinski definition) is 6. The summed E-state index contributed by atoms with van der Waals surface area (Å²) in [4.78, 5) is 13.2. The fourth-order valence-electron chi connectivity index (χ4n) is 3.05. The third kappa shape index (κ3) is 3.92. The number of pyridine rings is 1. The minimum atomic E-state index is 0.469. The molecule has 0 radical (unpaired) electrons. The van der Waals surface area contributed by atoms with Gasteiger partial charge in [-0.3, -0.25) is 4.98 Å². The molecule has 0 aliphatic rings. The number of nitrogens with zero attached hydrogens (tertiary/aromatic N) is 3. The summed E-state index contributed by atoms with van der Waals surface area (Å²) in [5, 5.41) is 0.855. The average Bonchev–Trinajstić information content (AvgIpc) is 2.74. The van der Waals surface area contributed by atoms with Crippen LogP contribution >= 0.6 is 0 Å². The van der Waals surface area contributed by atoms with Crippen LogP contribution in [0.25, 0.3) is 22.3 Å². The normalized spacial score (nSPS) is 10.9. The van der Waals surface area contributed by atoms with Crippen LogP contribution in [0.5, 0.6) is 5.75 Å². The summed E-state index contributed by atoms with van der Waals surface area (Å²) in [5.74, 6) is 1.88. The van der Waals surface area contributed by atoms with Crippen molar-refractivity contribution in [3.63, 3.8) is 0 Å². The molecule has 0 unspecified atom stereocenters. The quantitative estimate of drug-likeness (QED) is 0.540. The first-order chi connectivity index (χ1) is 13.7. The lowest BCUT2D eigenvalue weighted by Crippen LogP contribution is -2.10. The zero-order valence-electron chi connectivity index (χ0n) is 15.4. The van der Waals surface area contributed by atoms with Crippen molar-refractivity contribution in [2.75, 3.05) is 18.9 Å². The second-order valence-corrected chi connectivity index (χ2v) is 6.48. The van der Waals surface area contributed by atoms with E-state index < -0.39 is 0 Å². The van der Waals surface area contributed by atoms with Crippen molar-refractivity contribution in [1.29, 1.82) is 0 Å². The Balaban J connectivity index is 1.58. The molecule has 4 aromatic rings. The van der Waals surface area contributed by atoms with Crippen molar-refractivity contribution in [3.05, 3.63) is 78.1 Å². The third-order valence-corrected chi connectivity index (χ3v) is 4.43. The van der Waals surface area contributed by atoms with Crippen LogP contribution in [-0.2, 0) is 6.42 Å². The van der Waals surface area contributed by atoms with Crippen LogP contribution in [0.4, 0.5) is 5.82 Å². The van der Waals surface area contributed by atoms with Crippen LogP contribution in [-0.4, -0.2) is 28.1 Å². The second kappa shape index (κ2) is 8.02. The van der Waals surface area contributed by atoms with E-state index >= 15 is 0 Å². The Morgan fingerprint density at radius 1 is 0.929 bits per heavy atom. The maximum Gasteiger partial charge on any atom is 0.163 e. The van der Waals surface area contributed by atoms with Crippen molar-refractivity contribution in [2.24, 2.45) is 5.73 Å². The predicted octanol–water partition coefficient (Wildman–Crippen LogP) is 3.20. The van der Waals surface area contributed by atoms with Crippen molar-refractivity contribution < 1.29 is 4.74 Å². The number of ether oxygens (including phenoxy) is 1. The molecule has 0 bridgehead atoms. The summed E-state index contributed by atoms with van der Waals surface area (Å²) < 4.78 is 5.52. The van der Waals surface area contributed by atoms with E-state index in [0.717, 1.165) is 34.2 Å². The third-order valence-electron chi connectivity index (χ3n) is 4.43. The molecule has 4 rings (SSSR count). The van der Waals surface area contributed by atoms with Gasteiger partial charge in [0.2, 0.25) is 0 Å². The lowest BCUT2D eigenvalue weighted by molar-refractivity contribution is 0.328. The number of aromatic nitrogens is 3. The summed E-state index contributed by atoms with van der Waals surface area (Å²) in [7, 11) is 0. The Morgan fingerprint density at radius 2 is 1.75 bits per heavy atom. The fourth-order valence-corrected chi connectivity index (χ4v) is 3.05. The minimum Gasteiger partial charge on any atom is -0.492 e. The van der Waals surface area contributed by atoms with E-state index in [4.69, 9.17) is 16.2 Å². The molecular weight excluding hydrogens is 350 g/mol. The molecule has 0 spiro atoms. The summed E-state index contributed by atoms with van der Waals surface area (Å²) in [6.07, 6.45) is 4.24. The first-order valence-electron chi connectivity index (χ1n) is 9.11. The molecule has 140 valence electrons. The molecule has 4 N–H and O–H groups in total. The molecule has 0 saturated carbocycles. The molecule has 0 fully saturated rings. The molecule has 0 amide bonds. The Morgan fingerprint density at radius 3 is 2.50 bits per heavy atom. The standard InChI is InChI=1S/C22H21N5O/c23-9-11-28-18-6-3-15(4-7-18)12-16-5-8-20-19(13-16)21(24)27-22(26-20)17-2-1-10-25-14-17/h1-8,10,13-14H,9,11-12,23H2,(H2,24,26,27). The van der Waals surface area contributed by atoms with Crippen molar-refractivity contribution in [1.82, 2.24) is 15.0 Å². The van der Waals surface area contributed by atoms with Gasteiger partial charge in [-0.05, 0) is 53.9 Å². The van der Waals surface area contributed by atoms with E-state index in [1.807, 2.05) is 30.3 Å². The Bertz CT molecular complexity index is 1080. The Hall–Kier alpha value is -3.51. The molecule has 0 atom stereocenters. The number of hydrogen-bond donors (Lipinski definition) is 2. The van der Waals surface area contributed by atoms with Crippen molar-refractivity contribution in [2.45, 2.75) is 6.42 Å². The Kier molecular flexibility index (Phi) is 5.12. The maximum absolute atomic E-state index is 6.22. The Labute approximate surface area is 163 Å². The fraction of sp³-hybridized carbons (Fsp3) is 0.136. The van der Waals surface area contributed by atoms with Crippen molar-refractivity contribution in [3.8, 4) is 17.1 Å². The van der Waals surface area contributed by atoms with E-state index in [0.29, 0.717) is 24.8 Å². The van der Waals surface area contributed by atoms with Crippen LogP contribution in [0, 0.1) is 0 Å². The molecule has 6 heteroatoms. The smallest absolute Gasteiger partial charge is 0.163 e. The molecule has 0 saturated heterocycles. The van der Waals surface area contributed by atoms with Gasteiger partial charge in [0.1, 0.15) is 18.2 Å². The lowest BCUT2D eigenvalue weighted by Gasteiger charge is -2.09. The number of anilines is 1. The van der Waals surface area contributed by atoms with Crippen molar-refractivity contribution >= 4 is 16.7 Å². The molecular formula is C22H21N5O. The first-order valence-corrected chi connectivity index (χ1v) is 9.11. The monoisotopic (exact) mass is 371 g/mol. The number of fused-ring (bicyclic) bond motifs is 1. The van der Waals surface area contributed by atoms with Gasteiger partial charge in [-0.25, -0.2) is 9.97 Å². The first kappa shape index (κ1) is 17.9. The molecule has 2 aromatic carbocycles. The highest BCUT2D eigenvalue weighted by molar-refractivity contribution is 5.90. The van der Waals surface area contributed by atoms with E-state index in [2.05, 4.69) is 39.2 Å². The average molecular weight is 371 g/mol. The van der Waals surface area contributed by atoms with Crippen LogP contribution in [0.1, 0.15) is 11.1 Å². The molecule has 6 nitrogen and oxygen atoms in total. The lowest BCUT2D eigenvalue weighted by atomic mass is 10.0. The van der Waals surface area contributed by atoms with Gasteiger partial charge in [0.15, 0.2) is 5.82 Å². The highest BCUT2D eigenvalue weighted by atomic mass is 16.5. The number of nitrogens with two attached hydrogens (primary N) is 2. The molecule has 2 heterocycles. The maximum atomic E-state index is 6.22. The second-order valence-electron chi connectivity index (χ2n) is 6.48. The van der Waals surface area contributed by atoms with E-state index in [1.54, 1.807) is 12.4 Å². The van der Waals surface area contributed by atoms with Gasteiger partial charge in [0, 0.05) is 29.9 Å². The van der Waals surface area contributed by atoms with Gasteiger partial charge < -0.3 is 16.2 Å². The summed E-state index contributed by atoms with van der Waals surface area (Å²) in [6, 6.07) is 17.9. The molecule has 28 heavy (non-hydrogen) atoms. The van der Waals surface area contributed by atoms with Crippen LogP contribution in [0.15, 0.2) is 67.0 Å². The van der Waals surface area contributed by atoms with Gasteiger partial charge in [-0.2, -0.15) is 0 Å². The van der Waals surface area contributed by atoms with Gasteiger partial charge in [0.05, 0.1) is 5.52 Å². The van der Waals surface area contributed by atoms with Crippen LogP contribution in [0.2, 0.25) is 0 Å². The zero-order valence-corrected chi connectivity index (χ0v) is 15.4. The van der Waals surface area contributed by atoms with Gasteiger partial charge in [-0.15, -0.1) is 0 Å². The van der Waals surface area contributed by atoms with E-state index in [9.17, 15) is 0 Å². The number of nitrogen functional groups attached to an aromatic ring is 1. The predicted molar refractivity (Wildman–Crippen MR) is 111 cm³/mol. The molecule has 0 aliphatic carbocycles. The largest absolute Gasteiger partial charge is 0.492 e. The van der Waals surface area contributed by atoms with Gasteiger partial charge in [-0.1, -0.05) is 18.2 Å². The van der Waals surface area contributed by atoms with E-state index in [1.165, 1.54) is 5.56 Å². The number of benzene rings is 2.